The summed E-state index contributed by atoms with van der Waals surface area (Å²) < 4.78 is 2.26. The van der Waals surface area contributed by atoms with Crippen LogP contribution in [0.5, 0.6) is 0 Å². The maximum absolute atomic E-state index is 4.89. The van der Waals surface area contributed by atoms with E-state index in [0.29, 0.717) is 12.0 Å². The molecule has 1 aromatic rings. The second-order valence-electron chi connectivity index (χ2n) is 6.90. The normalized spacial score (nSPS) is 18.0. The van der Waals surface area contributed by atoms with E-state index in [0.717, 1.165) is 13.0 Å². The van der Waals surface area contributed by atoms with Gasteiger partial charge in [0.25, 0.3) is 0 Å². The topological polar surface area (TPSA) is 24.3 Å². The molecule has 1 aliphatic heterocycles. The minimum absolute atomic E-state index is 0.529. The Kier molecular flexibility index (Phi) is 5.82. The predicted octanol–water partition coefficient (Wildman–Crippen LogP) is 2.77. The van der Waals surface area contributed by atoms with Crippen molar-refractivity contribution in [3.63, 3.8) is 0 Å². The van der Waals surface area contributed by atoms with Crippen molar-refractivity contribution >= 4 is 0 Å². The van der Waals surface area contributed by atoms with Gasteiger partial charge in [0, 0.05) is 32.4 Å². The summed E-state index contributed by atoms with van der Waals surface area (Å²) in [5.41, 5.74) is 2.73. The van der Waals surface area contributed by atoms with Crippen molar-refractivity contribution in [3.05, 3.63) is 17.5 Å². The number of aromatic nitrogens is 2. The number of likely N-dealkylation sites (tertiary alicyclic amines) is 1. The van der Waals surface area contributed by atoms with Crippen molar-refractivity contribution < 1.29 is 0 Å². The predicted molar refractivity (Wildman–Crippen MR) is 89.0 cm³/mol. The summed E-state index contributed by atoms with van der Waals surface area (Å²) in [6, 6.07) is 0.596. The van der Waals surface area contributed by atoms with Crippen molar-refractivity contribution in [2.75, 3.05) is 40.3 Å². The number of hydrogen-bond donors (Lipinski definition) is 0. The van der Waals surface area contributed by atoms with Gasteiger partial charge in [-0.05, 0) is 44.8 Å². The number of likely N-dealkylation sites (N-methyl/N-ethyl adjacent to an activating group) is 1. The zero-order valence-corrected chi connectivity index (χ0v) is 14.5. The van der Waals surface area contributed by atoms with Gasteiger partial charge in [0.05, 0.1) is 11.7 Å². The van der Waals surface area contributed by atoms with E-state index in [2.05, 4.69) is 55.5 Å². The first-order chi connectivity index (χ1) is 10.0. The quantitative estimate of drug-likeness (QED) is 0.806. The number of nitrogens with zero attached hydrogens (tertiary/aromatic N) is 4. The zero-order valence-electron chi connectivity index (χ0n) is 14.5. The summed E-state index contributed by atoms with van der Waals surface area (Å²) in [6.45, 7) is 11.5. The highest BCUT2D eigenvalue weighted by Gasteiger charge is 2.22. The van der Waals surface area contributed by atoms with Crippen LogP contribution in [-0.2, 0) is 6.42 Å². The summed E-state index contributed by atoms with van der Waals surface area (Å²) in [5.74, 6) is 0.529. The molecule has 0 unspecified atom stereocenters. The largest absolute Gasteiger partial charge is 0.308 e. The van der Waals surface area contributed by atoms with Gasteiger partial charge in [-0.3, -0.25) is 4.68 Å². The first kappa shape index (κ1) is 16.5. The molecule has 1 fully saturated rings. The van der Waals surface area contributed by atoms with Gasteiger partial charge in [0.2, 0.25) is 0 Å². The molecular formula is C17H32N4. The van der Waals surface area contributed by atoms with Crippen LogP contribution in [-0.4, -0.2) is 59.9 Å². The Morgan fingerprint density at radius 1 is 1.29 bits per heavy atom. The molecule has 2 rings (SSSR count). The summed E-state index contributed by atoms with van der Waals surface area (Å²) in [4.78, 5) is 4.85. The first-order valence-electron chi connectivity index (χ1n) is 8.46. The summed E-state index contributed by atoms with van der Waals surface area (Å²) >= 11 is 0. The summed E-state index contributed by atoms with van der Waals surface area (Å²) in [5, 5.41) is 4.89. The number of rotatable bonds is 6. The van der Waals surface area contributed by atoms with Crippen molar-refractivity contribution in [2.24, 2.45) is 0 Å². The molecule has 0 spiro atoms. The van der Waals surface area contributed by atoms with Crippen LogP contribution in [0.4, 0.5) is 0 Å². The SMILES string of the molecule is CCc1cn(C2CCN(CCN(C)C)CC2)nc1C(C)C. The monoisotopic (exact) mass is 292 g/mol. The molecule has 4 heteroatoms. The molecule has 1 aromatic heterocycles. The Bertz CT molecular complexity index is 428. The van der Waals surface area contributed by atoms with E-state index in [1.807, 2.05) is 0 Å². The second kappa shape index (κ2) is 7.41. The van der Waals surface area contributed by atoms with Crippen LogP contribution in [0, 0.1) is 0 Å². The fraction of sp³-hybridized carbons (Fsp3) is 0.824. The Balaban J connectivity index is 1.93. The van der Waals surface area contributed by atoms with Gasteiger partial charge < -0.3 is 9.80 Å². The Hall–Kier alpha value is -0.870. The lowest BCUT2D eigenvalue weighted by atomic mass is 10.0. The minimum Gasteiger partial charge on any atom is -0.308 e. The molecule has 0 bridgehead atoms. The molecule has 0 radical (unpaired) electrons. The van der Waals surface area contributed by atoms with Crippen molar-refractivity contribution in [1.29, 1.82) is 0 Å². The highest BCUT2D eigenvalue weighted by Crippen LogP contribution is 2.25. The van der Waals surface area contributed by atoms with Gasteiger partial charge in [-0.1, -0.05) is 20.8 Å². The van der Waals surface area contributed by atoms with Gasteiger partial charge in [-0.2, -0.15) is 5.10 Å². The fourth-order valence-electron chi connectivity index (χ4n) is 3.14. The van der Waals surface area contributed by atoms with Crippen LogP contribution in [0.2, 0.25) is 0 Å². The highest BCUT2D eigenvalue weighted by molar-refractivity contribution is 5.20. The van der Waals surface area contributed by atoms with E-state index in [9.17, 15) is 0 Å². The Morgan fingerprint density at radius 3 is 2.43 bits per heavy atom. The van der Waals surface area contributed by atoms with Crippen LogP contribution in [0.1, 0.15) is 56.8 Å². The van der Waals surface area contributed by atoms with Crippen LogP contribution in [0.15, 0.2) is 6.20 Å². The number of piperidine rings is 1. The van der Waals surface area contributed by atoms with Crippen molar-refractivity contribution in [2.45, 2.75) is 52.0 Å². The molecule has 120 valence electrons. The molecule has 2 heterocycles. The van der Waals surface area contributed by atoms with Crippen LogP contribution >= 0.6 is 0 Å². The molecule has 0 aromatic carbocycles. The fourth-order valence-corrected chi connectivity index (χ4v) is 3.14. The molecule has 21 heavy (non-hydrogen) atoms. The van der Waals surface area contributed by atoms with Crippen LogP contribution in [0.25, 0.3) is 0 Å². The molecule has 0 amide bonds. The lowest BCUT2D eigenvalue weighted by Gasteiger charge is -2.32. The maximum atomic E-state index is 4.89. The number of aryl methyl sites for hydroxylation is 1. The molecule has 1 aliphatic rings. The van der Waals surface area contributed by atoms with Crippen LogP contribution in [0.3, 0.4) is 0 Å². The van der Waals surface area contributed by atoms with E-state index in [-0.39, 0.29) is 0 Å². The minimum atomic E-state index is 0.529. The molecule has 0 saturated carbocycles. The van der Waals surface area contributed by atoms with Gasteiger partial charge >= 0.3 is 0 Å². The molecule has 0 aliphatic carbocycles. The van der Waals surface area contributed by atoms with E-state index < -0.39 is 0 Å². The standard InChI is InChI=1S/C17H32N4/c1-6-15-13-21(18-17(15)14(2)3)16-7-9-20(10-8-16)12-11-19(4)5/h13-14,16H,6-12H2,1-5H3. The first-order valence-corrected chi connectivity index (χ1v) is 8.46. The molecule has 0 atom stereocenters. The summed E-state index contributed by atoms with van der Waals surface area (Å²) in [7, 11) is 4.30. The lowest BCUT2D eigenvalue weighted by Crippen LogP contribution is -2.38. The van der Waals surface area contributed by atoms with E-state index in [1.165, 1.54) is 43.7 Å². The molecule has 1 saturated heterocycles. The highest BCUT2D eigenvalue weighted by atomic mass is 15.3. The molecule has 4 nitrogen and oxygen atoms in total. The molecule has 0 N–H and O–H groups in total. The lowest BCUT2D eigenvalue weighted by molar-refractivity contribution is 0.167. The van der Waals surface area contributed by atoms with Gasteiger partial charge in [0.1, 0.15) is 0 Å². The third kappa shape index (κ3) is 4.30. The third-order valence-electron chi connectivity index (χ3n) is 4.56. The summed E-state index contributed by atoms with van der Waals surface area (Å²) in [6.07, 6.45) is 5.86. The Morgan fingerprint density at radius 2 is 1.95 bits per heavy atom. The van der Waals surface area contributed by atoms with E-state index in [4.69, 9.17) is 5.10 Å². The van der Waals surface area contributed by atoms with E-state index in [1.54, 1.807) is 0 Å². The third-order valence-corrected chi connectivity index (χ3v) is 4.56. The van der Waals surface area contributed by atoms with Crippen molar-refractivity contribution in [1.82, 2.24) is 19.6 Å². The second-order valence-corrected chi connectivity index (χ2v) is 6.90. The van der Waals surface area contributed by atoms with Gasteiger partial charge in [-0.25, -0.2) is 0 Å². The average molecular weight is 292 g/mol. The Labute approximate surface area is 130 Å². The van der Waals surface area contributed by atoms with E-state index >= 15 is 0 Å². The van der Waals surface area contributed by atoms with Gasteiger partial charge in [-0.15, -0.1) is 0 Å². The van der Waals surface area contributed by atoms with Crippen LogP contribution < -0.4 is 0 Å². The average Bonchev–Trinajstić information content (AvgIpc) is 2.90. The maximum Gasteiger partial charge on any atom is 0.0681 e. The number of hydrogen-bond acceptors (Lipinski definition) is 3. The van der Waals surface area contributed by atoms with Crippen molar-refractivity contribution in [3.8, 4) is 0 Å². The molecular weight excluding hydrogens is 260 g/mol. The van der Waals surface area contributed by atoms with Gasteiger partial charge in [0.15, 0.2) is 0 Å². The zero-order chi connectivity index (χ0) is 15.4. The smallest absolute Gasteiger partial charge is 0.0681 e.